The number of rotatable bonds is 8. The van der Waals surface area contributed by atoms with Crippen LogP contribution < -0.4 is 15.4 Å². The number of hydrogen-bond acceptors (Lipinski definition) is 5. The van der Waals surface area contributed by atoms with Crippen molar-refractivity contribution in [3.63, 3.8) is 0 Å². The molecular formula is C19H19ClN2O5. The van der Waals surface area contributed by atoms with Gasteiger partial charge in [-0.2, -0.15) is 0 Å². The largest absolute Gasteiger partial charge is 0.497 e. The van der Waals surface area contributed by atoms with Crippen molar-refractivity contribution in [1.29, 1.82) is 0 Å². The summed E-state index contributed by atoms with van der Waals surface area (Å²) in [6.07, 6.45) is 0. The van der Waals surface area contributed by atoms with Gasteiger partial charge in [0.05, 0.1) is 7.11 Å². The number of benzene rings is 2. The molecule has 2 amide bonds. The Hall–Kier alpha value is -3.06. The smallest absolute Gasteiger partial charge is 0.325 e. The molecule has 0 unspecified atom stereocenters. The molecule has 0 saturated carbocycles. The van der Waals surface area contributed by atoms with E-state index < -0.39 is 24.4 Å². The van der Waals surface area contributed by atoms with Crippen molar-refractivity contribution in [3.8, 4) is 5.75 Å². The third kappa shape index (κ3) is 6.99. The summed E-state index contributed by atoms with van der Waals surface area (Å²) >= 11 is 5.78. The highest BCUT2D eigenvalue weighted by atomic mass is 35.5. The van der Waals surface area contributed by atoms with E-state index in [1.807, 2.05) is 0 Å². The second-order valence-electron chi connectivity index (χ2n) is 5.48. The minimum absolute atomic E-state index is 0.293. The van der Waals surface area contributed by atoms with Crippen LogP contribution in [-0.4, -0.2) is 38.0 Å². The minimum atomic E-state index is -0.710. The molecule has 2 N–H and O–H groups in total. The van der Waals surface area contributed by atoms with Gasteiger partial charge < -0.3 is 20.1 Å². The maximum Gasteiger partial charge on any atom is 0.325 e. The zero-order valence-corrected chi connectivity index (χ0v) is 15.4. The van der Waals surface area contributed by atoms with Crippen molar-refractivity contribution in [2.24, 2.45) is 0 Å². The van der Waals surface area contributed by atoms with Crippen LogP contribution >= 0.6 is 11.6 Å². The lowest BCUT2D eigenvalue weighted by Gasteiger charge is -2.08. The van der Waals surface area contributed by atoms with Crippen molar-refractivity contribution < 1.29 is 23.9 Å². The number of ether oxygens (including phenoxy) is 2. The Balaban J connectivity index is 1.66. The van der Waals surface area contributed by atoms with Gasteiger partial charge in [0.25, 0.3) is 11.8 Å². The summed E-state index contributed by atoms with van der Waals surface area (Å²) in [6, 6.07) is 13.4. The van der Waals surface area contributed by atoms with Crippen molar-refractivity contribution in [3.05, 3.63) is 64.7 Å². The van der Waals surface area contributed by atoms with Crippen LogP contribution in [0.15, 0.2) is 48.5 Å². The van der Waals surface area contributed by atoms with E-state index in [1.54, 1.807) is 48.5 Å². The molecule has 142 valence electrons. The fraction of sp³-hybridized carbons (Fsp3) is 0.211. The predicted octanol–water partition coefficient (Wildman–Crippen LogP) is 1.94. The van der Waals surface area contributed by atoms with Gasteiger partial charge in [-0.05, 0) is 42.0 Å². The van der Waals surface area contributed by atoms with Crippen LogP contribution in [0.1, 0.15) is 15.9 Å². The van der Waals surface area contributed by atoms with Gasteiger partial charge in [-0.1, -0.05) is 23.7 Å². The molecule has 0 spiro atoms. The third-order valence-corrected chi connectivity index (χ3v) is 3.76. The number of carbonyl (C=O) groups excluding carboxylic acids is 3. The van der Waals surface area contributed by atoms with Crippen molar-refractivity contribution >= 4 is 29.4 Å². The van der Waals surface area contributed by atoms with Gasteiger partial charge in [0, 0.05) is 17.1 Å². The van der Waals surface area contributed by atoms with Gasteiger partial charge in [0.2, 0.25) is 0 Å². The number of nitrogens with one attached hydrogen (secondary N) is 2. The standard InChI is InChI=1S/C19H19ClN2O5/c1-26-16-8-4-14(5-9-16)19(25)22-11-18(24)27-12-17(23)21-10-13-2-6-15(20)7-3-13/h2-9H,10-12H2,1H3,(H,21,23)(H,22,25). The monoisotopic (exact) mass is 390 g/mol. The van der Waals surface area contributed by atoms with Crippen LogP contribution in [0.3, 0.4) is 0 Å². The molecule has 0 bridgehead atoms. The molecule has 0 aliphatic heterocycles. The van der Waals surface area contributed by atoms with Gasteiger partial charge in [-0.25, -0.2) is 0 Å². The van der Waals surface area contributed by atoms with Gasteiger partial charge in [0.15, 0.2) is 6.61 Å². The fourth-order valence-electron chi connectivity index (χ4n) is 2.05. The molecule has 0 fully saturated rings. The first-order valence-electron chi connectivity index (χ1n) is 8.07. The minimum Gasteiger partial charge on any atom is -0.497 e. The summed E-state index contributed by atoms with van der Waals surface area (Å²) < 4.78 is 9.83. The molecule has 2 aromatic carbocycles. The molecule has 7 nitrogen and oxygen atoms in total. The normalized spacial score (nSPS) is 10.0. The number of hydrogen-bond donors (Lipinski definition) is 2. The Morgan fingerprint density at radius 3 is 2.26 bits per heavy atom. The van der Waals surface area contributed by atoms with Crippen molar-refractivity contribution in [2.75, 3.05) is 20.3 Å². The lowest BCUT2D eigenvalue weighted by atomic mass is 10.2. The molecule has 0 heterocycles. The molecule has 8 heteroatoms. The molecule has 0 radical (unpaired) electrons. The first kappa shape index (κ1) is 20.3. The van der Waals surface area contributed by atoms with E-state index in [9.17, 15) is 14.4 Å². The van der Waals surface area contributed by atoms with Gasteiger partial charge in [-0.3, -0.25) is 14.4 Å². The van der Waals surface area contributed by atoms with Gasteiger partial charge in [-0.15, -0.1) is 0 Å². The quantitative estimate of drug-likeness (QED) is 0.672. The second-order valence-corrected chi connectivity index (χ2v) is 5.91. The average Bonchev–Trinajstić information content (AvgIpc) is 2.70. The molecule has 27 heavy (non-hydrogen) atoms. The zero-order chi connectivity index (χ0) is 19.6. The lowest BCUT2D eigenvalue weighted by Crippen LogP contribution is -2.33. The Labute approximate surface area is 161 Å². The van der Waals surface area contributed by atoms with E-state index in [0.29, 0.717) is 22.9 Å². The molecule has 2 aromatic rings. The molecule has 2 rings (SSSR count). The topological polar surface area (TPSA) is 93.7 Å². The van der Waals surface area contributed by atoms with E-state index in [0.717, 1.165) is 5.56 Å². The predicted molar refractivity (Wildman–Crippen MR) is 99.6 cm³/mol. The summed E-state index contributed by atoms with van der Waals surface area (Å²) in [7, 11) is 1.52. The van der Waals surface area contributed by atoms with Crippen LogP contribution in [-0.2, 0) is 20.9 Å². The molecule has 0 aromatic heterocycles. The Morgan fingerprint density at radius 2 is 1.63 bits per heavy atom. The average molecular weight is 391 g/mol. The summed E-state index contributed by atoms with van der Waals surface area (Å²) in [5.74, 6) is -0.962. The van der Waals surface area contributed by atoms with E-state index in [-0.39, 0.29) is 6.54 Å². The molecule has 0 aliphatic carbocycles. The van der Waals surface area contributed by atoms with Gasteiger partial charge >= 0.3 is 5.97 Å². The first-order chi connectivity index (χ1) is 13.0. The SMILES string of the molecule is COc1ccc(C(=O)NCC(=O)OCC(=O)NCc2ccc(Cl)cc2)cc1. The fourth-order valence-corrected chi connectivity index (χ4v) is 2.17. The van der Waals surface area contributed by atoms with E-state index in [4.69, 9.17) is 21.1 Å². The summed E-state index contributed by atoms with van der Waals surface area (Å²) in [4.78, 5) is 35.3. The van der Waals surface area contributed by atoms with Crippen LogP contribution in [0.2, 0.25) is 5.02 Å². The highest BCUT2D eigenvalue weighted by molar-refractivity contribution is 6.30. The van der Waals surface area contributed by atoms with E-state index in [2.05, 4.69) is 10.6 Å². The molecule has 0 aliphatic rings. The second kappa shape index (κ2) is 10.2. The number of esters is 1. The molecule has 0 atom stereocenters. The lowest BCUT2D eigenvalue weighted by molar-refractivity contribution is -0.147. The zero-order valence-electron chi connectivity index (χ0n) is 14.7. The Bertz CT molecular complexity index is 791. The third-order valence-electron chi connectivity index (χ3n) is 3.51. The Morgan fingerprint density at radius 1 is 0.963 bits per heavy atom. The maximum absolute atomic E-state index is 11.9. The summed E-state index contributed by atoms with van der Waals surface area (Å²) in [6.45, 7) is -0.470. The number of carbonyl (C=O) groups is 3. The highest BCUT2D eigenvalue weighted by Gasteiger charge is 2.11. The van der Waals surface area contributed by atoms with Crippen LogP contribution in [0.5, 0.6) is 5.75 Å². The number of halogens is 1. The van der Waals surface area contributed by atoms with Crippen LogP contribution in [0, 0.1) is 0 Å². The van der Waals surface area contributed by atoms with Crippen molar-refractivity contribution in [1.82, 2.24) is 10.6 Å². The number of amides is 2. The molecule has 0 saturated heterocycles. The number of methoxy groups -OCH3 is 1. The first-order valence-corrected chi connectivity index (χ1v) is 8.44. The van der Waals surface area contributed by atoms with Crippen molar-refractivity contribution in [2.45, 2.75) is 6.54 Å². The van der Waals surface area contributed by atoms with Crippen LogP contribution in [0.25, 0.3) is 0 Å². The highest BCUT2D eigenvalue weighted by Crippen LogP contribution is 2.11. The Kier molecular flexibility index (Phi) is 7.63. The summed E-state index contributed by atoms with van der Waals surface area (Å²) in [5, 5.41) is 5.65. The van der Waals surface area contributed by atoms with E-state index in [1.165, 1.54) is 7.11 Å². The van der Waals surface area contributed by atoms with Gasteiger partial charge in [0.1, 0.15) is 12.3 Å². The maximum atomic E-state index is 11.9. The molecular weight excluding hydrogens is 372 g/mol. The summed E-state index contributed by atoms with van der Waals surface area (Å²) in [5.41, 5.74) is 1.25. The van der Waals surface area contributed by atoms with Crippen LogP contribution in [0.4, 0.5) is 0 Å². The van der Waals surface area contributed by atoms with E-state index >= 15 is 0 Å².